The number of hydrogen-bond acceptors (Lipinski definition) is 6. The molecule has 0 unspecified atom stereocenters. The van der Waals surface area contributed by atoms with Gasteiger partial charge in [0.25, 0.3) is 12.4 Å². The molecule has 1 heterocycles. The molecule has 1 N–H and O–H groups in total. The number of phenols is 1. The van der Waals surface area contributed by atoms with Gasteiger partial charge >= 0.3 is 0 Å². The number of thiocarbonyl (C=S) groups is 1. The molecule has 0 bridgehead atoms. The number of rotatable bonds is 4. The molecule has 1 aliphatic rings. The summed E-state index contributed by atoms with van der Waals surface area (Å²) >= 11 is 6.24. The van der Waals surface area contributed by atoms with Crippen LogP contribution in [0, 0.1) is 0 Å². The highest BCUT2D eigenvalue weighted by Crippen LogP contribution is 2.34. The first kappa shape index (κ1) is 14.5. The van der Waals surface area contributed by atoms with Gasteiger partial charge in [0.1, 0.15) is 5.75 Å². The first-order chi connectivity index (χ1) is 9.52. The summed E-state index contributed by atoms with van der Waals surface area (Å²) in [4.78, 5) is 24.2. The minimum absolute atomic E-state index is 0.117. The van der Waals surface area contributed by atoms with Gasteiger partial charge in [0, 0.05) is 0 Å². The van der Waals surface area contributed by atoms with Crippen LogP contribution in [0.2, 0.25) is 0 Å². The smallest absolute Gasteiger partial charge is 0.295 e. The third-order valence-corrected chi connectivity index (χ3v) is 3.94. The van der Waals surface area contributed by atoms with Gasteiger partial charge < -0.3 is 9.84 Å². The van der Waals surface area contributed by atoms with Crippen molar-refractivity contribution in [3.05, 3.63) is 34.7 Å². The standard InChI is InChI=1S/C13H11NO4S2/c1-8(18-7-15)14-12(17)11(20-13(14)19)6-9-3-2-4-10(16)5-9/h2-8,16H,1H3/t8-/m1/s1. The normalized spacial score (nSPS) is 18.4. The molecule has 0 saturated carbocycles. The van der Waals surface area contributed by atoms with Gasteiger partial charge in [0.05, 0.1) is 4.91 Å². The molecule has 0 aliphatic carbocycles. The van der Waals surface area contributed by atoms with E-state index in [-0.39, 0.29) is 18.1 Å². The van der Waals surface area contributed by atoms with Crippen LogP contribution in [0.5, 0.6) is 5.75 Å². The van der Waals surface area contributed by atoms with E-state index < -0.39 is 6.23 Å². The number of hydrogen-bond donors (Lipinski definition) is 1. The van der Waals surface area contributed by atoms with Crippen molar-refractivity contribution in [2.45, 2.75) is 13.2 Å². The lowest BCUT2D eigenvalue weighted by Crippen LogP contribution is -2.38. The molecular weight excluding hydrogens is 298 g/mol. The Morgan fingerprint density at radius 1 is 1.50 bits per heavy atom. The van der Waals surface area contributed by atoms with Crippen molar-refractivity contribution < 1.29 is 19.4 Å². The van der Waals surface area contributed by atoms with Crippen LogP contribution in [0.25, 0.3) is 6.08 Å². The van der Waals surface area contributed by atoms with Crippen molar-refractivity contribution in [1.29, 1.82) is 0 Å². The highest BCUT2D eigenvalue weighted by atomic mass is 32.2. The van der Waals surface area contributed by atoms with Crippen molar-refractivity contribution in [2.24, 2.45) is 0 Å². The first-order valence-electron chi connectivity index (χ1n) is 5.68. The fourth-order valence-corrected chi connectivity index (χ4v) is 3.10. The summed E-state index contributed by atoms with van der Waals surface area (Å²) in [5, 5.41) is 9.40. The van der Waals surface area contributed by atoms with E-state index in [1.54, 1.807) is 31.2 Å². The molecule has 1 saturated heterocycles. The molecule has 0 aromatic heterocycles. The Bertz CT molecular complexity index is 600. The van der Waals surface area contributed by atoms with Crippen molar-refractivity contribution in [1.82, 2.24) is 4.90 Å². The fraction of sp³-hybridized carbons (Fsp3) is 0.154. The number of phenolic OH excluding ortho intramolecular Hbond substituents is 1. The van der Waals surface area contributed by atoms with Gasteiger partial charge in [-0.2, -0.15) is 0 Å². The van der Waals surface area contributed by atoms with E-state index in [0.29, 0.717) is 14.8 Å². The second kappa shape index (κ2) is 6.06. The molecule has 20 heavy (non-hydrogen) atoms. The highest BCUT2D eigenvalue weighted by molar-refractivity contribution is 8.26. The topological polar surface area (TPSA) is 66.8 Å². The third-order valence-electron chi connectivity index (χ3n) is 2.61. The maximum Gasteiger partial charge on any atom is 0.295 e. The number of aromatic hydroxyl groups is 1. The van der Waals surface area contributed by atoms with E-state index in [0.717, 1.165) is 11.8 Å². The SMILES string of the molecule is C[C@@H](OC=O)N1C(=O)C(=Cc2cccc(O)c2)SC1=S. The van der Waals surface area contributed by atoms with Gasteiger partial charge in [-0.15, -0.1) is 0 Å². The highest BCUT2D eigenvalue weighted by Gasteiger charge is 2.36. The lowest BCUT2D eigenvalue weighted by molar-refractivity contribution is -0.143. The third kappa shape index (κ3) is 3.00. The summed E-state index contributed by atoms with van der Waals surface area (Å²) in [5.41, 5.74) is 0.689. The second-order valence-corrected chi connectivity index (χ2v) is 5.65. The Morgan fingerprint density at radius 2 is 2.25 bits per heavy atom. The van der Waals surface area contributed by atoms with Crippen LogP contribution in [0.4, 0.5) is 0 Å². The first-order valence-corrected chi connectivity index (χ1v) is 6.90. The van der Waals surface area contributed by atoms with Gasteiger partial charge in [-0.25, -0.2) is 0 Å². The van der Waals surface area contributed by atoms with Crippen LogP contribution in [-0.2, 0) is 14.3 Å². The van der Waals surface area contributed by atoms with E-state index >= 15 is 0 Å². The van der Waals surface area contributed by atoms with E-state index in [1.165, 1.54) is 11.0 Å². The van der Waals surface area contributed by atoms with Crippen LogP contribution in [0.15, 0.2) is 29.2 Å². The molecule has 2 rings (SSSR count). The lowest BCUT2D eigenvalue weighted by Gasteiger charge is -2.20. The Kier molecular flexibility index (Phi) is 4.41. The number of benzene rings is 1. The van der Waals surface area contributed by atoms with Gasteiger partial charge in [0.15, 0.2) is 10.5 Å². The fourth-order valence-electron chi connectivity index (χ4n) is 1.70. The van der Waals surface area contributed by atoms with Crippen molar-refractivity contribution in [2.75, 3.05) is 0 Å². The molecule has 1 aromatic rings. The molecule has 1 aliphatic heterocycles. The Balaban J connectivity index is 2.25. The Morgan fingerprint density at radius 3 is 2.90 bits per heavy atom. The average Bonchev–Trinajstić information content (AvgIpc) is 2.65. The van der Waals surface area contributed by atoms with Crippen LogP contribution in [0.1, 0.15) is 12.5 Å². The molecule has 1 amide bonds. The lowest BCUT2D eigenvalue weighted by atomic mass is 10.2. The zero-order valence-corrected chi connectivity index (χ0v) is 12.1. The number of nitrogens with zero attached hydrogens (tertiary/aromatic N) is 1. The number of amides is 1. The van der Waals surface area contributed by atoms with Gasteiger partial charge in [0.2, 0.25) is 0 Å². The van der Waals surface area contributed by atoms with E-state index in [4.69, 9.17) is 17.0 Å². The van der Waals surface area contributed by atoms with E-state index in [2.05, 4.69) is 0 Å². The van der Waals surface area contributed by atoms with Crippen molar-refractivity contribution >= 4 is 46.8 Å². The summed E-state index contributed by atoms with van der Waals surface area (Å²) in [6.45, 7) is 1.85. The summed E-state index contributed by atoms with van der Waals surface area (Å²) < 4.78 is 5.07. The Labute approximate surface area is 125 Å². The predicted octanol–water partition coefficient (Wildman–Crippen LogP) is 2.11. The number of carbonyl (C=O) groups excluding carboxylic acids is 2. The van der Waals surface area contributed by atoms with Crippen molar-refractivity contribution in [3.63, 3.8) is 0 Å². The molecule has 1 aromatic carbocycles. The molecular formula is C13H11NO4S2. The average molecular weight is 309 g/mol. The summed E-state index contributed by atoms with van der Waals surface area (Å²) in [6.07, 6.45) is 0.891. The van der Waals surface area contributed by atoms with Crippen LogP contribution < -0.4 is 0 Å². The number of carbonyl (C=O) groups is 2. The maximum absolute atomic E-state index is 12.2. The molecule has 0 spiro atoms. The minimum Gasteiger partial charge on any atom is -0.508 e. The number of ether oxygens (including phenoxy) is 1. The van der Waals surface area contributed by atoms with E-state index in [9.17, 15) is 14.7 Å². The summed E-state index contributed by atoms with van der Waals surface area (Å²) in [6, 6.07) is 6.53. The maximum atomic E-state index is 12.2. The zero-order chi connectivity index (χ0) is 14.7. The molecule has 1 atom stereocenters. The van der Waals surface area contributed by atoms with Gasteiger partial charge in [-0.3, -0.25) is 14.5 Å². The second-order valence-electron chi connectivity index (χ2n) is 3.98. The Hall–Kier alpha value is -1.86. The summed E-state index contributed by atoms with van der Waals surface area (Å²) in [5.74, 6) is -0.204. The summed E-state index contributed by atoms with van der Waals surface area (Å²) in [7, 11) is 0. The van der Waals surface area contributed by atoms with Crippen LogP contribution in [0.3, 0.4) is 0 Å². The molecule has 104 valence electrons. The van der Waals surface area contributed by atoms with Crippen LogP contribution in [-0.4, -0.2) is 32.9 Å². The molecule has 0 radical (unpaired) electrons. The van der Waals surface area contributed by atoms with Crippen molar-refractivity contribution in [3.8, 4) is 5.75 Å². The quantitative estimate of drug-likeness (QED) is 0.522. The molecule has 5 nitrogen and oxygen atoms in total. The largest absolute Gasteiger partial charge is 0.508 e. The monoisotopic (exact) mass is 309 g/mol. The van der Waals surface area contributed by atoms with Gasteiger partial charge in [-0.1, -0.05) is 36.1 Å². The van der Waals surface area contributed by atoms with E-state index in [1.807, 2.05) is 0 Å². The van der Waals surface area contributed by atoms with Crippen LogP contribution >= 0.6 is 24.0 Å². The minimum atomic E-state index is -0.741. The zero-order valence-electron chi connectivity index (χ0n) is 10.5. The van der Waals surface area contributed by atoms with Gasteiger partial charge in [-0.05, 0) is 30.7 Å². The predicted molar refractivity (Wildman–Crippen MR) is 79.7 cm³/mol. The number of thioether (sulfide) groups is 1. The molecule has 1 fully saturated rings. The molecule has 7 heteroatoms.